The van der Waals surface area contributed by atoms with E-state index in [0.717, 1.165) is 6.20 Å². The van der Waals surface area contributed by atoms with Gasteiger partial charge in [-0.25, -0.2) is 9.97 Å². The van der Waals surface area contributed by atoms with Crippen LogP contribution in [0.2, 0.25) is 0 Å². The number of aromatic nitrogens is 2. The predicted molar refractivity (Wildman–Crippen MR) is 65.1 cm³/mol. The van der Waals surface area contributed by atoms with Gasteiger partial charge >= 0.3 is 5.69 Å². The van der Waals surface area contributed by atoms with Gasteiger partial charge in [-0.2, -0.15) is 0 Å². The van der Waals surface area contributed by atoms with Crippen LogP contribution in [0.3, 0.4) is 0 Å². The third-order valence-corrected chi connectivity index (χ3v) is 2.35. The van der Waals surface area contributed by atoms with Crippen molar-refractivity contribution >= 4 is 11.6 Å². The van der Waals surface area contributed by atoms with Crippen LogP contribution in [0.25, 0.3) is 11.3 Å². The maximum Gasteiger partial charge on any atom is 0.313 e. The number of nitro groups is 1. The standard InChI is InChI=1S/C11H10N4O3/c1-18-8-4-2-7(3-5-8)10-9(15(16)17)6-13-11(12)14-10/h2-6H,1H3,(H2,12,13,14). The van der Waals surface area contributed by atoms with Crippen LogP contribution in [-0.2, 0) is 0 Å². The molecule has 2 rings (SSSR count). The van der Waals surface area contributed by atoms with E-state index in [1.54, 1.807) is 31.4 Å². The summed E-state index contributed by atoms with van der Waals surface area (Å²) in [5, 5.41) is 10.9. The SMILES string of the molecule is COc1ccc(-c2nc(N)ncc2[N+](=O)[O-])cc1. The van der Waals surface area contributed by atoms with Crippen molar-refractivity contribution in [3.8, 4) is 17.0 Å². The van der Waals surface area contributed by atoms with Gasteiger partial charge in [0.2, 0.25) is 5.95 Å². The zero-order chi connectivity index (χ0) is 13.1. The van der Waals surface area contributed by atoms with E-state index in [4.69, 9.17) is 10.5 Å². The Kier molecular flexibility index (Phi) is 3.05. The fourth-order valence-electron chi connectivity index (χ4n) is 1.48. The Morgan fingerprint density at radius 2 is 2.00 bits per heavy atom. The van der Waals surface area contributed by atoms with E-state index in [-0.39, 0.29) is 17.3 Å². The molecule has 1 aromatic heterocycles. The number of nitrogens with zero attached hydrogens (tertiary/aromatic N) is 3. The zero-order valence-corrected chi connectivity index (χ0v) is 9.53. The molecule has 2 aromatic rings. The molecule has 7 nitrogen and oxygen atoms in total. The van der Waals surface area contributed by atoms with E-state index in [1.807, 2.05) is 0 Å². The molecule has 92 valence electrons. The number of nitrogens with two attached hydrogens (primary N) is 1. The molecule has 2 N–H and O–H groups in total. The number of hydrogen-bond donors (Lipinski definition) is 1. The zero-order valence-electron chi connectivity index (χ0n) is 9.53. The highest BCUT2D eigenvalue weighted by Gasteiger charge is 2.18. The van der Waals surface area contributed by atoms with Gasteiger partial charge in [0.15, 0.2) is 5.69 Å². The second-order valence-electron chi connectivity index (χ2n) is 3.45. The molecule has 18 heavy (non-hydrogen) atoms. The number of anilines is 1. The smallest absolute Gasteiger partial charge is 0.313 e. The topological polar surface area (TPSA) is 104 Å². The summed E-state index contributed by atoms with van der Waals surface area (Å²) in [5.74, 6) is 0.648. The molecule has 0 aliphatic heterocycles. The van der Waals surface area contributed by atoms with Crippen molar-refractivity contribution in [2.24, 2.45) is 0 Å². The van der Waals surface area contributed by atoms with Crippen LogP contribution in [0.15, 0.2) is 30.5 Å². The molecule has 0 aliphatic rings. The summed E-state index contributed by atoms with van der Waals surface area (Å²) in [7, 11) is 1.54. The summed E-state index contributed by atoms with van der Waals surface area (Å²) in [6, 6.07) is 6.73. The van der Waals surface area contributed by atoms with Crippen LogP contribution in [-0.4, -0.2) is 22.0 Å². The Labute approximate surface area is 102 Å². The van der Waals surface area contributed by atoms with Gasteiger partial charge in [-0.1, -0.05) is 0 Å². The minimum Gasteiger partial charge on any atom is -0.497 e. The number of hydrogen-bond acceptors (Lipinski definition) is 6. The summed E-state index contributed by atoms with van der Waals surface area (Å²) >= 11 is 0. The highest BCUT2D eigenvalue weighted by Crippen LogP contribution is 2.28. The number of rotatable bonds is 3. The van der Waals surface area contributed by atoms with Gasteiger partial charge in [-0.15, -0.1) is 0 Å². The maximum absolute atomic E-state index is 10.9. The average Bonchev–Trinajstić information content (AvgIpc) is 2.38. The molecule has 0 unspecified atom stereocenters. The first-order chi connectivity index (χ1) is 8.61. The Morgan fingerprint density at radius 1 is 1.33 bits per heavy atom. The van der Waals surface area contributed by atoms with Crippen molar-refractivity contribution in [1.82, 2.24) is 9.97 Å². The summed E-state index contributed by atoms with van der Waals surface area (Å²) < 4.78 is 5.02. The Morgan fingerprint density at radius 3 is 2.56 bits per heavy atom. The van der Waals surface area contributed by atoms with E-state index in [9.17, 15) is 10.1 Å². The maximum atomic E-state index is 10.9. The lowest BCUT2D eigenvalue weighted by molar-refractivity contribution is -0.384. The number of benzene rings is 1. The molecule has 0 aliphatic carbocycles. The Bertz CT molecular complexity index is 583. The van der Waals surface area contributed by atoms with E-state index < -0.39 is 4.92 Å². The number of nitrogen functional groups attached to an aromatic ring is 1. The summed E-state index contributed by atoms with van der Waals surface area (Å²) in [5.41, 5.74) is 6.04. The van der Waals surface area contributed by atoms with Crippen molar-refractivity contribution in [3.05, 3.63) is 40.6 Å². The molecule has 0 fully saturated rings. The van der Waals surface area contributed by atoms with Gasteiger partial charge in [0.25, 0.3) is 0 Å². The lowest BCUT2D eigenvalue weighted by atomic mass is 10.1. The molecule has 0 spiro atoms. The fourth-order valence-corrected chi connectivity index (χ4v) is 1.48. The predicted octanol–water partition coefficient (Wildman–Crippen LogP) is 1.64. The largest absolute Gasteiger partial charge is 0.497 e. The Hall–Kier alpha value is -2.70. The van der Waals surface area contributed by atoms with Crippen molar-refractivity contribution in [3.63, 3.8) is 0 Å². The molecule has 7 heteroatoms. The van der Waals surface area contributed by atoms with Crippen LogP contribution in [0.4, 0.5) is 11.6 Å². The Balaban J connectivity index is 2.54. The van der Waals surface area contributed by atoms with E-state index in [0.29, 0.717) is 11.3 Å². The highest BCUT2D eigenvalue weighted by atomic mass is 16.6. The van der Waals surface area contributed by atoms with Gasteiger partial charge in [-0.05, 0) is 24.3 Å². The van der Waals surface area contributed by atoms with Crippen molar-refractivity contribution in [1.29, 1.82) is 0 Å². The second kappa shape index (κ2) is 4.66. The van der Waals surface area contributed by atoms with Crippen molar-refractivity contribution in [2.45, 2.75) is 0 Å². The molecule has 0 saturated carbocycles. The van der Waals surface area contributed by atoms with Gasteiger partial charge < -0.3 is 10.5 Å². The van der Waals surface area contributed by atoms with Crippen molar-refractivity contribution in [2.75, 3.05) is 12.8 Å². The third kappa shape index (κ3) is 2.19. The molecule has 1 heterocycles. The normalized spacial score (nSPS) is 10.1. The van der Waals surface area contributed by atoms with Gasteiger partial charge in [-0.3, -0.25) is 10.1 Å². The van der Waals surface area contributed by atoms with Crippen LogP contribution >= 0.6 is 0 Å². The van der Waals surface area contributed by atoms with Gasteiger partial charge in [0.1, 0.15) is 11.9 Å². The van der Waals surface area contributed by atoms with Gasteiger partial charge in [0.05, 0.1) is 12.0 Å². The van der Waals surface area contributed by atoms with E-state index in [1.165, 1.54) is 0 Å². The molecular weight excluding hydrogens is 236 g/mol. The monoisotopic (exact) mass is 246 g/mol. The van der Waals surface area contributed by atoms with E-state index >= 15 is 0 Å². The highest BCUT2D eigenvalue weighted by molar-refractivity contribution is 5.70. The first-order valence-corrected chi connectivity index (χ1v) is 5.03. The summed E-state index contributed by atoms with van der Waals surface area (Å²) in [6.07, 6.45) is 1.10. The van der Waals surface area contributed by atoms with Crippen LogP contribution < -0.4 is 10.5 Å². The minimum absolute atomic E-state index is 0.00795. The summed E-state index contributed by atoms with van der Waals surface area (Å²) in [6.45, 7) is 0. The second-order valence-corrected chi connectivity index (χ2v) is 3.45. The molecular formula is C11H10N4O3. The molecule has 0 radical (unpaired) electrons. The fraction of sp³-hybridized carbons (Fsp3) is 0.0909. The molecule has 1 aromatic carbocycles. The van der Waals surface area contributed by atoms with Crippen LogP contribution in [0.1, 0.15) is 0 Å². The van der Waals surface area contributed by atoms with Crippen molar-refractivity contribution < 1.29 is 9.66 Å². The first-order valence-electron chi connectivity index (χ1n) is 5.03. The molecule has 0 saturated heterocycles. The lowest BCUT2D eigenvalue weighted by Gasteiger charge is -2.04. The minimum atomic E-state index is -0.543. The average molecular weight is 246 g/mol. The van der Waals surface area contributed by atoms with E-state index in [2.05, 4.69) is 9.97 Å². The summed E-state index contributed by atoms with van der Waals surface area (Å²) in [4.78, 5) is 17.9. The lowest BCUT2D eigenvalue weighted by Crippen LogP contribution is -2.01. The molecule has 0 atom stereocenters. The first kappa shape index (κ1) is 11.8. The van der Waals surface area contributed by atoms with Crippen LogP contribution in [0.5, 0.6) is 5.75 Å². The molecule has 0 amide bonds. The number of methoxy groups -OCH3 is 1. The van der Waals surface area contributed by atoms with Crippen LogP contribution in [0, 0.1) is 10.1 Å². The number of ether oxygens (including phenoxy) is 1. The molecule has 0 bridgehead atoms. The third-order valence-electron chi connectivity index (χ3n) is 2.35. The van der Waals surface area contributed by atoms with Gasteiger partial charge in [0, 0.05) is 5.56 Å². The quantitative estimate of drug-likeness (QED) is 0.652.